The molecule has 0 amide bonds. The molecule has 2 heterocycles. The second-order valence-corrected chi connectivity index (χ2v) is 6.66. The van der Waals surface area contributed by atoms with Gasteiger partial charge in [-0.15, -0.1) is 0 Å². The predicted octanol–water partition coefficient (Wildman–Crippen LogP) is 2.11. The lowest BCUT2D eigenvalue weighted by molar-refractivity contribution is -0.133. The molecule has 0 spiro atoms. The molecule has 104 valence electrons. The Labute approximate surface area is 120 Å². The van der Waals surface area contributed by atoms with E-state index in [1.807, 2.05) is 18.2 Å². The van der Waals surface area contributed by atoms with Crippen LogP contribution in [0.15, 0.2) is 18.2 Å². The van der Waals surface area contributed by atoms with Crippen LogP contribution in [-0.4, -0.2) is 34.3 Å². The SMILES string of the molecule is CC1(C)CN(c2cccc(C(N)=S)n2)CC(C)(C)O1. The Bertz CT molecular complexity index is 483. The maximum atomic E-state index is 6.07. The van der Waals surface area contributed by atoms with E-state index in [1.165, 1.54) is 0 Å². The van der Waals surface area contributed by atoms with Crippen molar-refractivity contribution in [3.05, 3.63) is 23.9 Å². The number of aromatic nitrogens is 1. The summed E-state index contributed by atoms with van der Waals surface area (Å²) >= 11 is 4.99. The van der Waals surface area contributed by atoms with Crippen molar-refractivity contribution in [3.63, 3.8) is 0 Å². The topological polar surface area (TPSA) is 51.4 Å². The van der Waals surface area contributed by atoms with Gasteiger partial charge in [-0.2, -0.15) is 0 Å². The van der Waals surface area contributed by atoms with Crippen molar-refractivity contribution in [3.8, 4) is 0 Å². The van der Waals surface area contributed by atoms with Gasteiger partial charge in [-0.25, -0.2) is 4.98 Å². The summed E-state index contributed by atoms with van der Waals surface area (Å²) in [5.41, 5.74) is 5.89. The van der Waals surface area contributed by atoms with E-state index < -0.39 is 0 Å². The number of nitrogens with two attached hydrogens (primary N) is 1. The number of thiocarbonyl (C=S) groups is 1. The van der Waals surface area contributed by atoms with E-state index in [1.54, 1.807) is 0 Å². The van der Waals surface area contributed by atoms with Crippen LogP contribution >= 0.6 is 12.2 Å². The van der Waals surface area contributed by atoms with Crippen LogP contribution in [0.5, 0.6) is 0 Å². The first-order valence-corrected chi connectivity index (χ1v) is 6.81. The molecule has 0 atom stereocenters. The Morgan fingerprint density at radius 2 is 1.84 bits per heavy atom. The number of nitrogens with zero attached hydrogens (tertiary/aromatic N) is 2. The van der Waals surface area contributed by atoms with Gasteiger partial charge in [0, 0.05) is 13.1 Å². The Morgan fingerprint density at radius 1 is 1.26 bits per heavy atom. The highest BCUT2D eigenvalue weighted by Crippen LogP contribution is 2.30. The minimum atomic E-state index is -0.206. The molecule has 0 saturated carbocycles. The van der Waals surface area contributed by atoms with E-state index >= 15 is 0 Å². The standard InChI is InChI=1S/C14H21N3OS/c1-13(2)8-17(9-14(3,4)18-13)11-7-5-6-10(16-11)12(15)19/h5-7H,8-9H2,1-4H3,(H2,15,19). The lowest BCUT2D eigenvalue weighted by atomic mass is 9.99. The van der Waals surface area contributed by atoms with Gasteiger partial charge in [0.2, 0.25) is 0 Å². The van der Waals surface area contributed by atoms with Gasteiger partial charge in [0.15, 0.2) is 0 Å². The molecule has 4 nitrogen and oxygen atoms in total. The van der Waals surface area contributed by atoms with Gasteiger partial charge in [0.05, 0.1) is 16.9 Å². The van der Waals surface area contributed by atoms with E-state index in [0.717, 1.165) is 18.9 Å². The van der Waals surface area contributed by atoms with Crippen LogP contribution in [0, 0.1) is 0 Å². The predicted molar refractivity (Wildman–Crippen MR) is 81.6 cm³/mol. The molecule has 5 heteroatoms. The van der Waals surface area contributed by atoms with Crippen LogP contribution in [0.2, 0.25) is 0 Å². The van der Waals surface area contributed by atoms with E-state index in [-0.39, 0.29) is 11.2 Å². The van der Waals surface area contributed by atoms with E-state index in [4.69, 9.17) is 22.7 Å². The molecule has 1 fully saturated rings. The van der Waals surface area contributed by atoms with Crippen molar-refractivity contribution in [2.24, 2.45) is 5.73 Å². The van der Waals surface area contributed by atoms with Gasteiger partial charge in [0.25, 0.3) is 0 Å². The van der Waals surface area contributed by atoms with Crippen molar-refractivity contribution in [2.45, 2.75) is 38.9 Å². The van der Waals surface area contributed by atoms with Crippen molar-refractivity contribution in [1.82, 2.24) is 4.98 Å². The third-order valence-electron chi connectivity index (χ3n) is 3.01. The average molecular weight is 279 g/mol. The molecule has 1 aliphatic rings. The van der Waals surface area contributed by atoms with Crippen molar-refractivity contribution in [2.75, 3.05) is 18.0 Å². The van der Waals surface area contributed by atoms with Crippen LogP contribution in [0.4, 0.5) is 5.82 Å². The molecule has 1 aliphatic heterocycles. The van der Waals surface area contributed by atoms with Crippen LogP contribution in [0.3, 0.4) is 0 Å². The van der Waals surface area contributed by atoms with Crippen LogP contribution in [0.1, 0.15) is 33.4 Å². The summed E-state index contributed by atoms with van der Waals surface area (Å²) in [5, 5.41) is 0. The molecule has 1 saturated heterocycles. The molecule has 0 aliphatic carbocycles. The maximum Gasteiger partial charge on any atom is 0.129 e. The highest BCUT2D eigenvalue weighted by molar-refractivity contribution is 7.80. The van der Waals surface area contributed by atoms with E-state index in [9.17, 15) is 0 Å². The first kappa shape index (κ1) is 14.2. The fourth-order valence-corrected chi connectivity index (χ4v) is 2.80. The Morgan fingerprint density at radius 3 is 2.37 bits per heavy atom. The van der Waals surface area contributed by atoms with Gasteiger partial charge in [-0.05, 0) is 39.8 Å². The number of morpholine rings is 1. The number of rotatable bonds is 2. The molecule has 0 aromatic carbocycles. The number of hydrogen-bond donors (Lipinski definition) is 1. The fraction of sp³-hybridized carbons (Fsp3) is 0.571. The molecule has 19 heavy (non-hydrogen) atoms. The highest BCUT2D eigenvalue weighted by Gasteiger charge is 2.38. The quantitative estimate of drug-likeness (QED) is 0.840. The summed E-state index contributed by atoms with van der Waals surface area (Å²) in [4.78, 5) is 7.09. The molecular formula is C14H21N3OS. The summed E-state index contributed by atoms with van der Waals surface area (Å²) < 4.78 is 6.07. The summed E-state index contributed by atoms with van der Waals surface area (Å²) in [6.45, 7) is 9.97. The Kier molecular flexibility index (Phi) is 3.53. The van der Waals surface area contributed by atoms with Gasteiger partial charge >= 0.3 is 0 Å². The van der Waals surface area contributed by atoms with Crippen LogP contribution in [0.25, 0.3) is 0 Å². The maximum absolute atomic E-state index is 6.07. The summed E-state index contributed by atoms with van der Waals surface area (Å²) in [7, 11) is 0. The Hall–Kier alpha value is -1.20. The van der Waals surface area contributed by atoms with Crippen molar-refractivity contribution >= 4 is 23.0 Å². The summed E-state index contributed by atoms with van der Waals surface area (Å²) in [6, 6.07) is 5.76. The number of pyridine rings is 1. The normalized spacial score (nSPS) is 21.2. The smallest absolute Gasteiger partial charge is 0.129 e. The summed E-state index contributed by atoms with van der Waals surface area (Å²) in [6.07, 6.45) is 0. The average Bonchev–Trinajstić information content (AvgIpc) is 2.25. The van der Waals surface area contributed by atoms with Gasteiger partial charge in [-0.1, -0.05) is 18.3 Å². The number of anilines is 1. The molecule has 0 bridgehead atoms. The largest absolute Gasteiger partial charge is 0.388 e. The zero-order valence-electron chi connectivity index (χ0n) is 11.9. The highest BCUT2D eigenvalue weighted by atomic mass is 32.1. The lowest BCUT2D eigenvalue weighted by Crippen LogP contribution is -2.57. The molecule has 2 rings (SSSR count). The third-order valence-corrected chi connectivity index (χ3v) is 3.22. The van der Waals surface area contributed by atoms with E-state index in [2.05, 4.69) is 37.6 Å². The minimum absolute atomic E-state index is 0.206. The van der Waals surface area contributed by atoms with Gasteiger partial charge in [-0.3, -0.25) is 0 Å². The Balaban J connectivity index is 2.30. The molecule has 2 N–H and O–H groups in total. The first-order chi connectivity index (χ1) is 8.69. The monoisotopic (exact) mass is 279 g/mol. The van der Waals surface area contributed by atoms with Gasteiger partial charge < -0.3 is 15.4 Å². The molecule has 1 aromatic rings. The third kappa shape index (κ3) is 3.42. The minimum Gasteiger partial charge on any atom is -0.388 e. The summed E-state index contributed by atoms with van der Waals surface area (Å²) in [5.74, 6) is 0.898. The van der Waals surface area contributed by atoms with Crippen LogP contribution < -0.4 is 10.6 Å². The number of hydrogen-bond acceptors (Lipinski definition) is 4. The second-order valence-electron chi connectivity index (χ2n) is 6.22. The fourth-order valence-electron chi connectivity index (χ4n) is 2.69. The van der Waals surface area contributed by atoms with E-state index in [0.29, 0.717) is 10.7 Å². The zero-order valence-corrected chi connectivity index (χ0v) is 12.8. The first-order valence-electron chi connectivity index (χ1n) is 6.41. The molecular weight excluding hydrogens is 258 g/mol. The van der Waals surface area contributed by atoms with Gasteiger partial charge in [0.1, 0.15) is 10.8 Å². The lowest BCUT2D eigenvalue weighted by Gasteiger charge is -2.47. The molecule has 0 unspecified atom stereocenters. The van der Waals surface area contributed by atoms with Crippen molar-refractivity contribution < 1.29 is 4.74 Å². The number of ether oxygens (including phenoxy) is 1. The van der Waals surface area contributed by atoms with Crippen molar-refractivity contribution in [1.29, 1.82) is 0 Å². The molecule has 1 aromatic heterocycles. The zero-order chi connectivity index (χ0) is 14.3. The van der Waals surface area contributed by atoms with Crippen LogP contribution in [-0.2, 0) is 4.74 Å². The second kappa shape index (κ2) is 4.72. The molecule has 0 radical (unpaired) electrons.